The number of halogens is 3. The normalized spacial score (nSPS) is 12.5. The lowest BCUT2D eigenvalue weighted by Gasteiger charge is -2.09. The minimum Gasteiger partial charge on any atom is -0.396 e. The number of aromatic nitrogens is 3. The predicted octanol–water partition coefficient (Wildman–Crippen LogP) is 2.87. The molecule has 126 valence electrons. The quantitative estimate of drug-likeness (QED) is 0.590. The first-order valence-electron chi connectivity index (χ1n) is 7.10. The van der Waals surface area contributed by atoms with E-state index in [9.17, 15) is 18.0 Å². The summed E-state index contributed by atoms with van der Waals surface area (Å²) in [5.74, 6) is 0. The van der Waals surface area contributed by atoms with Crippen LogP contribution in [0.15, 0.2) is 28.1 Å². The van der Waals surface area contributed by atoms with E-state index in [0.29, 0.717) is 23.5 Å². The summed E-state index contributed by atoms with van der Waals surface area (Å²) in [4.78, 5) is 23.6. The Morgan fingerprint density at radius 2 is 2.17 bits per heavy atom. The van der Waals surface area contributed by atoms with E-state index in [2.05, 4.69) is 15.1 Å². The molecule has 0 saturated carbocycles. The summed E-state index contributed by atoms with van der Waals surface area (Å²) in [5, 5.41) is 3.71. The number of imidazole rings is 1. The average molecular weight is 338 g/mol. The highest BCUT2D eigenvalue weighted by atomic mass is 19.4. The fourth-order valence-corrected chi connectivity index (χ4v) is 2.44. The van der Waals surface area contributed by atoms with E-state index in [1.807, 2.05) is 0 Å². The number of benzene rings is 1. The minimum absolute atomic E-state index is 0.0797. The first-order valence-corrected chi connectivity index (χ1v) is 7.10. The highest BCUT2D eigenvalue weighted by Gasteiger charge is 2.30. The molecule has 24 heavy (non-hydrogen) atoms. The van der Waals surface area contributed by atoms with Crippen molar-refractivity contribution in [3.63, 3.8) is 0 Å². The van der Waals surface area contributed by atoms with Crippen LogP contribution in [0.3, 0.4) is 0 Å². The van der Waals surface area contributed by atoms with Gasteiger partial charge in [-0.05, 0) is 32.0 Å². The lowest BCUT2D eigenvalue weighted by molar-refractivity contribution is -0.137. The number of alkyl halides is 3. The van der Waals surface area contributed by atoms with Gasteiger partial charge in [-0.1, -0.05) is 5.16 Å². The lowest BCUT2D eigenvalue weighted by atomic mass is 10.2. The fourth-order valence-electron chi connectivity index (χ4n) is 2.44. The first kappa shape index (κ1) is 16.0. The number of nitrogens with zero attached hydrogens (tertiary/aromatic N) is 3. The number of aryl methyl sites for hydroxylation is 1. The van der Waals surface area contributed by atoms with Crippen LogP contribution in [0.1, 0.15) is 23.9 Å². The molecule has 0 amide bonds. The molecule has 3 rings (SSSR count). The second kappa shape index (κ2) is 5.66. The van der Waals surface area contributed by atoms with Gasteiger partial charge in [0.2, 0.25) is 5.65 Å². The van der Waals surface area contributed by atoms with Crippen molar-refractivity contribution >= 4 is 22.9 Å². The molecule has 0 bridgehead atoms. The van der Waals surface area contributed by atoms with Gasteiger partial charge in [-0.25, -0.2) is 4.98 Å². The monoisotopic (exact) mass is 338 g/mol. The van der Waals surface area contributed by atoms with Crippen LogP contribution in [0.4, 0.5) is 13.2 Å². The molecule has 2 heterocycles. The van der Waals surface area contributed by atoms with Crippen LogP contribution >= 0.6 is 0 Å². The number of hydrogen-bond donors (Lipinski definition) is 1. The van der Waals surface area contributed by atoms with Crippen molar-refractivity contribution in [2.45, 2.75) is 20.0 Å². The topological polar surface area (TPSA) is 71.8 Å². The molecule has 9 heteroatoms. The molecule has 0 aliphatic rings. The summed E-state index contributed by atoms with van der Waals surface area (Å²) in [6.45, 7) is 3.85. The number of H-pyrrole nitrogens is 1. The van der Waals surface area contributed by atoms with Crippen molar-refractivity contribution in [1.29, 1.82) is 0 Å². The van der Waals surface area contributed by atoms with E-state index in [-0.39, 0.29) is 11.2 Å². The molecular formula is C15H13F3N4O2. The van der Waals surface area contributed by atoms with Crippen LogP contribution in [0.2, 0.25) is 0 Å². The van der Waals surface area contributed by atoms with Gasteiger partial charge < -0.3 is 9.82 Å². The van der Waals surface area contributed by atoms with Crippen LogP contribution in [-0.4, -0.2) is 27.2 Å². The summed E-state index contributed by atoms with van der Waals surface area (Å²) in [6.07, 6.45) is -3.12. The highest BCUT2D eigenvalue weighted by molar-refractivity contribution is 5.84. The molecule has 0 aliphatic heterocycles. The van der Waals surface area contributed by atoms with Crippen LogP contribution in [0.25, 0.3) is 16.7 Å². The number of oxime groups is 1. The summed E-state index contributed by atoms with van der Waals surface area (Å²) >= 11 is 0. The molecule has 1 aromatic carbocycles. The predicted molar refractivity (Wildman–Crippen MR) is 82.3 cm³/mol. The fraction of sp³-hybridized carbons (Fsp3) is 0.267. The van der Waals surface area contributed by atoms with Crippen molar-refractivity contribution in [1.82, 2.24) is 14.4 Å². The van der Waals surface area contributed by atoms with Gasteiger partial charge in [-0.15, -0.1) is 0 Å². The maximum absolute atomic E-state index is 12.8. The van der Waals surface area contributed by atoms with Gasteiger partial charge >= 0.3 is 6.18 Å². The summed E-state index contributed by atoms with van der Waals surface area (Å²) in [7, 11) is 0. The molecular weight excluding hydrogens is 325 g/mol. The van der Waals surface area contributed by atoms with Crippen LogP contribution in [-0.2, 0) is 11.0 Å². The Morgan fingerprint density at radius 3 is 2.83 bits per heavy atom. The van der Waals surface area contributed by atoms with E-state index in [1.54, 1.807) is 13.8 Å². The maximum Gasteiger partial charge on any atom is 0.416 e. The zero-order chi connectivity index (χ0) is 17.5. The smallest absolute Gasteiger partial charge is 0.396 e. The summed E-state index contributed by atoms with van der Waals surface area (Å²) < 4.78 is 40.0. The van der Waals surface area contributed by atoms with E-state index in [4.69, 9.17) is 4.84 Å². The molecule has 2 aromatic heterocycles. The van der Waals surface area contributed by atoms with Crippen molar-refractivity contribution in [3.8, 4) is 0 Å². The second-order valence-corrected chi connectivity index (χ2v) is 5.08. The summed E-state index contributed by atoms with van der Waals surface area (Å²) in [6, 6.07) is 3.18. The minimum atomic E-state index is -4.49. The largest absolute Gasteiger partial charge is 0.416 e. The molecule has 0 fully saturated rings. The Bertz CT molecular complexity index is 1000. The third kappa shape index (κ3) is 2.61. The van der Waals surface area contributed by atoms with Gasteiger partial charge in [0.05, 0.1) is 22.8 Å². The first-order chi connectivity index (χ1) is 11.3. The number of hydrogen-bond acceptors (Lipinski definition) is 4. The van der Waals surface area contributed by atoms with Crippen molar-refractivity contribution in [3.05, 3.63) is 45.5 Å². The van der Waals surface area contributed by atoms with Gasteiger partial charge in [0.15, 0.2) is 0 Å². The molecule has 0 unspecified atom stereocenters. The molecule has 0 radical (unpaired) electrons. The van der Waals surface area contributed by atoms with E-state index in [1.165, 1.54) is 16.7 Å². The van der Waals surface area contributed by atoms with Crippen LogP contribution < -0.4 is 5.56 Å². The van der Waals surface area contributed by atoms with E-state index < -0.39 is 17.3 Å². The van der Waals surface area contributed by atoms with Crippen LogP contribution in [0.5, 0.6) is 0 Å². The maximum atomic E-state index is 12.8. The number of aromatic amines is 1. The van der Waals surface area contributed by atoms with E-state index >= 15 is 0 Å². The summed E-state index contributed by atoms with van der Waals surface area (Å²) in [5.41, 5.74) is 0.139. The zero-order valence-corrected chi connectivity index (χ0v) is 12.8. The second-order valence-electron chi connectivity index (χ2n) is 5.08. The van der Waals surface area contributed by atoms with Gasteiger partial charge in [-0.2, -0.15) is 13.2 Å². The standard InChI is InChI=1S/C15H13F3N4O2/c1-3-24-19-7-11-8(2)22-12-5-4-9(15(16,17)18)6-10(12)21-14(23)13(22)20-11/h4-7H,3H2,1-2H3,(H,21,23). The third-order valence-corrected chi connectivity index (χ3v) is 3.54. The van der Waals surface area contributed by atoms with Gasteiger partial charge in [0.1, 0.15) is 12.3 Å². The number of nitrogens with one attached hydrogen (secondary N) is 1. The third-order valence-electron chi connectivity index (χ3n) is 3.54. The molecule has 0 aliphatic carbocycles. The number of fused-ring (bicyclic) bond motifs is 3. The Labute approximate surface area is 133 Å². The molecule has 0 spiro atoms. The zero-order valence-electron chi connectivity index (χ0n) is 12.8. The molecule has 6 nitrogen and oxygen atoms in total. The SMILES string of the molecule is CCON=Cc1nc2c(=O)[nH]c3cc(C(F)(F)F)ccc3n2c1C. The van der Waals surface area contributed by atoms with Gasteiger partial charge in [0, 0.05) is 5.69 Å². The van der Waals surface area contributed by atoms with Crippen molar-refractivity contribution in [2.24, 2.45) is 5.16 Å². The molecule has 0 atom stereocenters. The molecule has 3 aromatic rings. The van der Waals surface area contributed by atoms with Crippen LogP contribution in [0, 0.1) is 6.92 Å². The molecule has 0 saturated heterocycles. The van der Waals surface area contributed by atoms with E-state index in [0.717, 1.165) is 12.1 Å². The average Bonchev–Trinajstić information content (AvgIpc) is 2.84. The Hall–Kier alpha value is -2.84. The number of rotatable bonds is 3. The lowest BCUT2D eigenvalue weighted by Crippen LogP contribution is -2.12. The van der Waals surface area contributed by atoms with Gasteiger partial charge in [-0.3, -0.25) is 9.20 Å². The van der Waals surface area contributed by atoms with Gasteiger partial charge in [0.25, 0.3) is 5.56 Å². The van der Waals surface area contributed by atoms with Crippen molar-refractivity contribution in [2.75, 3.05) is 6.61 Å². The molecule has 1 N–H and O–H groups in total. The Balaban J connectivity index is 2.28. The van der Waals surface area contributed by atoms with Crippen molar-refractivity contribution < 1.29 is 18.0 Å². The Kier molecular flexibility index (Phi) is 3.78. The Morgan fingerprint density at radius 1 is 1.42 bits per heavy atom. The highest BCUT2D eigenvalue weighted by Crippen LogP contribution is 2.31.